The molecule has 0 N–H and O–H groups in total. The first-order valence-corrected chi connectivity index (χ1v) is 9.78. The summed E-state index contributed by atoms with van der Waals surface area (Å²) in [5, 5.41) is 9.94. The lowest BCUT2D eigenvalue weighted by molar-refractivity contribution is -0.0203. The van der Waals surface area contributed by atoms with Gasteiger partial charge in [-0.25, -0.2) is 18.2 Å². The maximum Gasteiger partial charge on any atom is 0.282 e. The molecule has 5 rings (SSSR count). The van der Waals surface area contributed by atoms with Crippen molar-refractivity contribution in [3.05, 3.63) is 35.8 Å². The molecular weight excluding hydrogens is 391 g/mol. The lowest BCUT2D eigenvalue weighted by Gasteiger charge is -2.24. The summed E-state index contributed by atoms with van der Waals surface area (Å²) in [7, 11) is 1.67. The number of nitrogens with zero attached hydrogens (tertiary/aromatic N) is 5. The van der Waals surface area contributed by atoms with Crippen LogP contribution in [0.1, 0.15) is 50.0 Å². The number of alkyl halides is 3. The van der Waals surface area contributed by atoms with Crippen LogP contribution in [0.25, 0.3) is 21.9 Å². The molecule has 0 bridgehead atoms. The Labute approximate surface area is 173 Å². The van der Waals surface area contributed by atoms with Crippen LogP contribution < -0.4 is 0 Å². The van der Waals surface area contributed by atoms with Gasteiger partial charge in [0.15, 0.2) is 0 Å². The zero-order valence-corrected chi connectivity index (χ0v) is 15.9. The maximum atomic E-state index is 15.0. The molecule has 1 aliphatic carbocycles. The first-order valence-electron chi connectivity index (χ1n) is 9.78. The molecule has 30 heavy (non-hydrogen) atoms. The Morgan fingerprint density at radius 3 is 2.67 bits per heavy atom. The van der Waals surface area contributed by atoms with E-state index in [0.29, 0.717) is 52.6 Å². The molecule has 3 heterocycles. The van der Waals surface area contributed by atoms with Gasteiger partial charge in [-0.2, -0.15) is 5.26 Å². The molecule has 0 radical (unpaired) electrons. The molecule has 158 valence electrons. The molecule has 1 aromatic carbocycles. The highest BCUT2D eigenvalue weighted by Gasteiger charge is 2.50. The Morgan fingerprint density at radius 1 is 1.23 bits per heavy atom. The van der Waals surface area contributed by atoms with Gasteiger partial charge >= 0.3 is 0 Å². The number of benzene rings is 1. The number of halogens is 3. The van der Waals surface area contributed by atoms with Crippen molar-refractivity contribution in [2.45, 2.75) is 50.7 Å². The van der Waals surface area contributed by atoms with Gasteiger partial charge in [-0.3, -0.25) is 9.88 Å². The Morgan fingerprint density at radius 2 is 2.03 bits per heavy atom. The Hall–Kier alpha value is -2.66. The smallest absolute Gasteiger partial charge is 0.282 e. The van der Waals surface area contributed by atoms with Crippen molar-refractivity contribution in [1.29, 1.82) is 5.26 Å². The topological polar surface area (TPSA) is 57.7 Å². The molecule has 3 atom stereocenters. The first-order chi connectivity index (χ1) is 13.9. The van der Waals surface area contributed by atoms with Crippen LogP contribution in [-0.4, -0.2) is 51.7 Å². The fraction of sp³-hybridized carbons (Fsp3) is 0.500. The molecule has 2 aliphatic rings. The van der Waals surface area contributed by atoms with E-state index in [-0.39, 0.29) is 26.4 Å². The number of rotatable bonds is 2. The number of hydrogen-bond donors (Lipinski definition) is 0. The zero-order valence-electron chi connectivity index (χ0n) is 15.9. The van der Waals surface area contributed by atoms with E-state index in [1.165, 1.54) is 0 Å². The van der Waals surface area contributed by atoms with E-state index in [1.807, 2.05) is 0 Å². The van der Waals surface area contributed by atoms with Gasteiger partial charge in [-0.1, -0.05) is 7.43 Å². The van der Waals surface area contributed by atoms with Gasteiger partial charge in [-0.15, -0.1) is 0 Å². The number of imidazole rings is 1. The zero-order chi connectivity index (χ0) is 20.3. The van der Waals surface area contributed by atoms with Gasteiger partial charge in [0, 0.05) is 17.8 Å². The molecule has 2 fully saturated rings. The highest BCUT2D eigenvalue weighted by atomic mass is 19.3. The van der Waals surface area contributed by atoms with Gasteiger partial charge in [0.25, 0.3) is 5.92 Å². The second-order valence-electron chi connectivity index (χ2n) is 8.26. The lowest BCUT2D eigenvalue weighted by atomic mass is 10.1. The molecule has 3 aromatic rings. The number of likely N-dealkylation sites (tertiary alicyclic amines) is 1. The molecule has 0 amide bonds. The van der Waals surface area contributed by atoms with Crippen molar-refractivity contribution < 1.29 is 13.2 Å². The van der Waals surface area contributed by atoms with Crippen molar-refractivity contribution >= 4 is 21.9 Å². The number of hydrogen-bond acceptors (Lipinski definition) is 4. The molecular formula is C22H24F3N5. The summed E-state index contributed by atoms with van der Waals surface area (Å²) in [6.45, 7) is -0.154. The van der Waals surface area contributed by atoms with E-state index in [2.05, 4.69) is 16.0 Å². The summed E-state index contributed by atoms with van der Waals surface area (Å²) < 4.78 is 45.6. The van der Waals surface area contributed by atoms with Crippen molar-refractivity contribution in [2.75, 3.05) is 20.1 Å². The minimum absolute atomic E-state index is 0. The normalized spacial score (nSPS) is 26.2. The summed E-state index contributed by atoms with van der Waals surface area (Å²) in [6.07, 6.45) is 1.97. The fourth-order valence-corrected chi connectivity index (χ4v) is 4.86. The highest BCUT2D eigenvalue weighted by Crippen LogP contribution is 2.44. The SMILES string of the molecule is C.CN1CC(n2c(C3CCC(F)C3)nc3cnc4ccc(C#N)cc4c32)C(F)(F)C1. The molecule has 3 unspecified atom stereocenters. The van der Waals surface area contributed by atoms with E-state index < -0.39 is 18.1 Å². The van der Waals surface area contributed by atoms with E-state index >= 15 is 8.78 Å². The number of nitriles is 1. The average molecular weight is 415 g/mol. The van der Waals surface area contributed by atoms with Gasteiger partial charge in [0.2, 0.25) is 0 Å². The van der Waals surface area contributed by atoms with Crippen LogP contribution in [0.5, 0.6) is 0 Å². The predicted molar refractivity (Wildman–Crippen MR) is 109 cm³/mol. The van der Waals surface area contributed by atoms with Crippen molar-refractivity contribution in [2.24, 2.45) is 0 Å². The first kappa shape index (κ1) is 20.6. The summed E-state index contributed by atoms with van der Waals surface area (Å²) in [5.41, 5.74) is 2.12. The third-order valence-corrected chi connectivity index (χ3v) is 6.17. The van der Waals surface area contributed by atoms with Crippen molar-refractivity contribution in [3.63, 3.8) is 0 Å². The molecule has 1 saturated heterocycles. The second-order valence-corrected chi connectivity index (χ2v) is 8.26. The van der Waals surface area contributed by atoms with Crippen LogP contribution in [0.3, 0.4) is 0 Å². The van der Waals surface area contributed by atoms with Gasteiger partial charge in [0.05, 0.1) is 35.4 Å². The van der Waals surface area contributed by atoms with Gasteiger partial charge < -0.3 is 4.57 Å². The van der Waals surface area contributed by atoms with Crippen LogP contribution >= 0.6 is 0 Å². The lowest BCUT2D eigenvalue weighted by Crippen LogP contribution is -2.31. The largest absolute Gasteiger partial charge is 0.317 e. The predicted octanol–water partition coefficient (Wildman–Crippen LogP) is 4.82. The van der Waals surface area contributed by atoms with Gasteiger partial charge in [0.1, 0.15) is 23.6 Å². The molecule has 2 aromatic heterocycles. The summed E-state index contributed by atoms with van der Waals surface area (Å²) in [4.78, 5) is 10.7. The number of likely N-dealkylation sites (N-methyl/N-ethyl adjacent to an activating group) is 1. The Balaban J connectivity index is 0.00000218. The van der Waals surface area contributed by atoms with Crippen LogP contribution in [0, 0.1) is 11.3 Å². The molecule has 0 spiro atoms. The minimum atomic E-state index is -2.94. The Bertz CT molecular complexity index is 1150. The van der Waals surface area contributed by atoms with Crippen LogP contribution in [0.2, 0.25) is 0 Å². The number of fused-ring (bicyclic) bond motifs is 3. The third-order valence-electron chi connectivity index (χ3n) is 6.17. The van der Waals surface area contributed by atoms with E-state index in [0.717, 1.165) is 0 Å². The minimum Gasteiger partial charge on any atom is -0.317 e. The summed E-state index contributed by atoms with van der Waals surface area (Å²) in [6, 6.07) is 6.06. The standard InChI is InChI=1S/C21H20F3N5.CH4/c1-28-10-18(21(23,24)11-28)29-19-15-6-12(8-25)2-5-16(15)26-9-17(19)27-20(29)13-3-4-14(22)7-13;/h2,5-6,9,13-14,18H,3-4,7,10-11H2,1H3;1H4. The molecule has 5 nitrogen and oxygen atoms in total. The van der Waals surface area contributed by atoms with E-state index in [9.17, 15) is 9.65 Å². The highest BCUT2D eigenvalue weighted by molar-refractivity contribution is 6.03. The summed E-state index contributed by atoms with van der Waals surface area (Å²) >= 11 is 0. The Kier molecular flexibility index (Phi) is 4.97. The quantitative estimate of drug-likeness (QED) is 0.602. The van der Waals surface area contributed by atoms with Crippen molar-refractivity contribution in [1.82, 2.24) is 19.4 Å². The maximum absolute atomic E-state index is 15.0. The molecule has 8 heteroatoms. The number of aromatic nitrogens is 3. The fourth-order valence-electron chi connectivity index (χ4n) is 4.86. The molecule has 1 saturated carbocycles. The van der Waals surface area contributed by atoms with Crippen molar-refractivity contribution in [3.8, 4) is 6.07 Å². The summed E-state index contributed by atoms with van der Waals surface area (Å²) in [5.74, 6) is -2.63. The van der Waals surface area contributed by atoms with Gasteiger partial charge in [-0.05, 0) is 44.5 Å². The van der Waals surface area contributed by atoms with Crippen LogP contribution in [0.4, 0.5) is 13.2 Å². The van der Waals surface area contributed by atoms with E-state index in [1.54, 1.807) is 40.9 Å². The van der Waals surface area contributed by atoms with Crippen LogP contribution in [0.15, 0.2) is 24.4 Å². The third kappa shape index (κ3) is 3.12. The average Bonchev–Trinajstić information content (AvgIpc) is 3.35. The van der Waals surface area contributed by atoms with E-state index in [4.69, 9.17) is 0 Å². The molecule has 1 aliphatic heterocycles. The van der Waals surface area contributed by atoms with Crippen LogP contribution in [-0.2, 0) is 0 Å². The number of pyridine rings is 1. The monoisotopic (exact) mass is 415 g/mol. The second kappa shape index (κ2) is 7.24.